The Kier molecular flexibility index (Phi) is 5.42. The lowest BCUT2D eigenvalue weighted by molar-refractivity contribution is 0.373. The monoisotopic (exact) mass is 445 g/mol. The number of rotatable bonds is 8. The fourth-order valence-electron chi connectivity index (χ4n) is 3.23. The molecule has 2 aromatic heterocycles. The molecule has 2 heterocycles. The molecule has 0 fully saturated rings. The highest BCUT2D eigenvalue weighted by molar-refractivity contribution is 7.93. The van der Waals surface area contributed by atoms with E-state index in [0.717, 1.165) is 11.1 Å². The van der Waals surface area contributed by atoms with Crippen LogP contribution in [-0.4, -0.2) is 40.1 Å². The first kappa shape index (κ1) is 20.5. The van der Waals surface area contributed by atoms with Crippen molar-refractivity contribution >= 4 is 26.8 Å². The summed E-state index contributed by atoms with van der Waals surface area (Å²) < 4.78 is 54.9. The first-order chi connectivity index (χ1) is 15.0. The predicted molar refractivity (Wildman–Crippen MR) is 110 cm³/mol. The van der Waals surface area contributed by atoms with Gasteiger partial charge in [0.1, 0.15) is 28.9 Å². The summed E-state index contributed by atoms with van der Waals surface area (Å²) in [5.41, 5.74) is 2.07. The molecule has 2 aromatic carbocycles. The Balaban J connectivity index is 1.76. The molecule has 10 nitrogen and oxygen atoms in total. The molecule has 0 aliphatic heterocycles. The first-order valence-electron chi connectivity index (χ1n) is 9.05. The van der Waals surface area contributed by atoms with Crippen LogP contribution in [0.15, 0.2) is 56.7 Å². The zero-order chi connectivity index (χ0) is 22.0. The molecule has 0 aliphatic rings. The molecule has 0 radical (unpaired) electrons. The average Bonchev–Trinajstić information content (AvgIpc) is 3.42. The second kappa shape index (κ2) is 8.19. The minimum Gasteiger partial charge on any atom is -0.496 e. The number of methoxy groups -OCH3 is 3. The van der Waals surface area contributed by atoms with Crippen LogP contribution in [0.5, 0.6) is 17.2 Å². The lowest BCUT2D eigenvalue weighted by Crippen LogP contribution is -2.15. The normalized spacial score (nSPS) is 11.5. The predicted octanol–water partition coefficient (Wildman–Crippen LogP) is 3.23. The van der Waals surface area contributed by atoms with E-state index in [2.05, 4.69) is 15.0 Å². The number of hydrogen-bond donors (Lipinski definition) is 1. The minimum atomic E-state index is -4.14. The second-order valence-corrected chi connectivity index (χ2v) is 8.13. The summed E-state index contributed by atoms with van der Waals surface area (Å²) in [4.78, 5) is -0.154. The summed E-state index contributed by atoms with van der Waals surface area (Å²) in [5.74, 6) is 0.636. The second-order valence-electron chi connectivity index (χ2n) is 6.51. The fourth-order valence-corrected chi connectivity index (χ4v) is 4.56. The van der Waals surface area contributed by atoms with Crippen LogP contribution >= 0.6 is 0 Å². The van der Waals surface area contributed by atoms with Gasteiger partial charge in [-0.05, 0) is 29.8 Å². The Morgan fingerprint density at radius 3 is 2.32 bits per heavy atom. The van der Waals surface area contributed by atoms with E-state index in [9.17, 15) is 8.42 Å². The van der Waals surface area contributed by atoms with Crippen LogP contribution in [0.1, 0.15) is 11.1 Å². The van der Waals surface area contributed by atoms with Crippen LogP contribution in [0.3, 0.4) is 0 Å². The van der Waals surface area contributed by atoms with Gasteiger partial charge in [0, 0.05) is 12.0 Å². The van der Waals surface area contributed by atoms with E-state index < -0.39 is 10.0 Å². The molecule has 0 aliphatic carbocycles. The number of fused-ring (bicyclic) bond motifs is 1. The number of benzene rings is 2. The molecule has 162 valence electrons. The van der Waals surface area contributed by atoms with Crippen molar-refractivity contribution in [3.63, 3.8) is 0 Å². The molecule has 31 heavy (non-hydrogen) atoms. The lowest BCUT2D eigenvalue weighted by Gasteiger charge is -2.14. The van der Waals surface area contributed by atoms with Gasteiger partial charge in [-0.3, -0.25) is 4.72 Å². The third-order valence-electron chi connectivity index (χ3n) is 4.59. The Morgan fingerprint density at radius 2 is 1.71 bits per heavy atom. The van der Waals surface area contributed by atoms with Crippen molar-refractivity contribution in [2.24, 2.45) is 0 Å². The third-order valence-corrected chi connectivity index (χ3v) is 5.99. The summed E-state index contributed by atoms with van der Waals surface area (Å²) in [6.45, 7) is 0. The van der Waals surface area contributed by atoms with Crippen LogP contribution in [-0.2, 0) is 16.4 Å². The summed E-state index contributed by atoms with van der Waals surface area (Å²) in [6.07, 6.45) is 3.67. The molecule has 0 saturated heterocycles. The largest absolute Gasteiger partial charge is 0.496 e. The van der Waals surface area contributed by atoms with Crippen LogP contribution < -0.4 is 18.9 Å². The number of aromatic nitrogens is 2. The van der Waals surface area contributed by atoms with Gasteiger partial charge in [-0.1, -0.05) is 16.4 Å². The van der Waals surface area contributed by atoms with Gasteiger partial charge in [0.05, 0.1) is 27.5 Å². The smallest absolute Gasteiger partial charge is 0.270 e. The van der Waals surface area contributed by atoms with Gasteiger partial charge in [-0.2, -0.15) is 0 Å². The van der Waals surface area contributed by atoms with Gasteiger partial charge in [0.25, 0.3) is 10.0 Å². The number of ether oxygens (including phenoxy) is 3. The first-order valence-corrected chi connectivity index (χ1v) is 10.5. The number of anilines is 1. The quantitative estimate of drug-likeness (QED) is 0.435. The van der Waals surface area contributed by atoms with Gasteiger partial charge >= 0.3 is 0 Å². The number of nitrogens with one attached hydrogen (secondary N) is 1. The van der Waals surface area contributed by atoms with Crippen molar-refractivity contribution in [2.45, 2.75) is 11.3 Å². The minimum absolute atomic E-state index is 0.0173. The van der Waals surface area contributed by atoms with Crippen molar-refractivity contribution in [3.8, 4) is 17.2 Å². The summed E-state index contributed by atoms with van der Waals surface area (Å²) in [6, 6.07) is 8.20. The molecule has 11 heteroatoms. The third kappa shape index (κ3) is 3.87. The van der Waals surface area contributed by atoms with E-state index in [1.165, 1.54) is 39.7 Å². The molecule has 1 N–H and O–H groups in total. The van der Waals surface area contributed by atoms with E-state index in [1.807, 2.05) is 0 Å². The summed E-state index contributed by atoms with van der Waals surface area (Å²) >= 11 is 0. The van der Waals surface area contributed by atoms with E-state index in [1.54, 1.807) is 24.4 Å². The maximum Gasteiger partial charge on any atom is 0.270 e. The van der Waals surface area contributed by atoms with E-state index in [0.29, 0.717) is 23.1 Å². The Morgan fingerprint density at radius 1 is 1.00 bits per heavy atom. The lowest BCUT2D eigenvalue weighted by atomic mass is 10.1. The highest BCUT2D eigenvalue weighted by Crippen LogP contribution is 2.38. The molecule has 0 spiro atoms. The van der Waals surface area contributed by atoms with Crippen LogP contribution in [0.2, 0.25) is 0 Å². The number of nitrogens with zero attached hydrogens (tertiary/aromatic N) is 2. The maximum absolute atomic E-state index is 13.2. The standard InChI is InChI=1S/C20H19N3O7S/c1-26-14-5-4-6-15(27-2)19(14)31(24,25)23-20-18-16(28-3)8-12(9-17(18)30-22-20)7-13-10-21-29-11-13/h4-6,8-11H,7H2,1-3H3,(H,22,23). The highest BCUT2D eigenvalue weighted by Gasteiger charge is 2.28. The van der Waals surface area contributed by atoms with Crippen LogP contribution in [0, 0.1) is 0 Å². The van der Waals surface area contributed by atoms with E-state index in [4.69, 9.17) is 23.3 Å². The van der Waals surface area contributed by atoms with Crippen molar-refractivity contribution in [1.29, 1.82) is 0 Å². The molecule has 0 amide bonds. The van der Waals surface area contributed by atoms with E-state index >= 15 is 0 Å². The van der Waals surface area contributed by atoms with Crippen LogP contribution in [0.4, 0.5) is 5.82 Å². The Hall–Kier alpha value is -3.73. The molecular weight excluding hydrogens is 426 g/mol. The van der Waals surface area contributed by atoms with Crippen molar-refractivity contribution in [2.75, 3.05) is 26.1 Å². The Labute approximate surface area is 177 Å². The number of hydrogen-bond acceptors (Lipinski definition) is 9. The molecular formula is C20H19N3O7S. The molecule has 4 aromatic rings. The zero-order valence-electron chi connectivity index (χ0n) is 16.9. The summed E-state index contributed by atoms with van der Waals surface area (Å²) in [5, 5.41) is 7.97. The molecule has 0 unspecified atom stereocenters. The van der Waals surface area contributed by atoms with Gasteiger partial charge in [-0.25, -0.2) is 8.42 Å². The van der Waals surface area contributed by atoms with Gasteiger partial charge in [-0.15, -0.1) is 0 Å². The van der Waals surface area contributed by atoms with E-state index in [-0.39, 0.29) is 22.2 Å². The zero-order valence-corrected chi connectivity index (χ0v) is 17.7. The van der Waals surface area contributed by atoms with Gasteiger partial charge in [0.15, 0.2) is 16.3 Å². The SMILES string of the molecule is COc1cccc(OC)c1S(=O)(=O)Nc1noc2cc(Cc3cnoc3)cc(OC)c12. The summed E-state index contributed by atoms with van der Waals surface area (Å²) in [7, 11) is 0.0924. The molecule has 4 rings (SSSR count). The Bertz CT molecular complexity index is 1290. The van der Waals surface area contributed by atoms with Crippen LogP contribution in [0.25, 0.3) is 11.0 Å². The fraction of sp³-hybridized carbons (Fsp3) is 0.200. The van der Waals surface area contributed by atoms with Gasteiger partial charge < -0.3 is 23.3 Å². The maximum atomic E-state index is 13.2. The highest BCUT2D eigenvalue weighted by atomic mass is 32.2. The average molecular weight is 445 g/mol. The van der Waals surface area contributed by atoms with Gasteiger partial charge in [0.2, 0.25) is 0 Å². The molecule has 0 atom stereocenters. The topological polar surface area (TPSA) is 126 Å². The molecule has 0 saturated carbocycles. The molecule has 0 bridgehead atoms. The number of sulfonamides is 1. The van der Waals surface area contributed by atoms with Crippen molar-refractivity contribution in [1.82, 2.24) is 10.3 Å². The van der Waals surface area contributed by atoms with Crippen molar-refractivity contribution in [3.05, 3.63) is 53.9 Å². The van der Waals surface area contributed by atoms with Crippen molar-refractivity contribution < 1.29 is 31.7 Å².